The number of hydrogen-bond acceptors (Lipinski definition) is 6. The summed E-state index contributed by atoms with van der Waals surface area (Å²) in [6.45, 7) is 3.12. The topological polar surface area (TPSA) is 127 Å². The number of hydrogen-bond donors (Lipinski definition) is 1. The maximum absolute atomic E-state index is 13.4. The van der Waals surface area contributed by atoms with Crippen molar-refractivity contribution in [3.8, 4) is 5.69 Å². The monoisotopic (exact) mass is 599 g/mol. The van der Waals surface area contributed by atoms with Gasteiger partial charge in [-0.3, -0.25) is 19.2 Å². The molecule has 1 aromatic heterocycles. The summed E-state index contributed by atoms with van der Waals surface area (Å²) >= 11 is 12.5. The molecule has 1 N–H and O–H groups in total. The first-order valence-corrected chi connectivity index (χ1v) is 14.0. The van der Waals surface area contributed by atoms with Gasteiger partial charge in [-0.15, -0.1) is 0 Å². The molecule has 40 heavy (non-hydrogen) atoms. The first-order valence-electron chi connectivity index (χ1n) is 11.8. The first kappa shape index (κ1) is 28.8. The summed E-state index contributed by atoms with van der Waals surface area (Å²) < 4.78 is 29.6. The van der Waals surface area contributed by atoms with E-state index < -0.39 is 27.4 Å². The Hall–Kier alpha value is -4.19. The summed E-state index contributed by atoms with van der Waals surface area (Å²) in [5.74, 6) is -0.721. The fraction of sp³-hybridized carbons (Fsp3) is 0.111. The van der Waals surface area contributed by atoms with E-state index in [4.69, 9.17) is 23.2 Å². The third-order valence-corrected chi connectivity index (χ3v) is 8.32. The van der Waals surface area contributed by atoms with Gasteiger partial charge in [-0.1, -0.05) is 41.4 Å². The Morgan fingerprint density at radius 1 is 1.05 bits per heavy atom. The second kappa shape index (κ2) is 11.9. The highest BCUT2D eigenvalue weighted by atomic mass is 35.5. The van der Waals surface area contributed by atoms with Crippen molar-refractivity contribution < 1.29 is 18.1 Å². The number of non-ortho nitro benzene ring substituents is 1. The number of carbonyl (C=O) groups is 1. The third kappa shape index (κ3) is 6.17. The predicted molar refractivity (Wildman–Crippen MR) is 155 cm³/mol. The van der Waals surface area contributed by atoms with Gasteiger partial charge in [0.25, 0.3) is 21.6 Å². The van der Waals surface area contributed by atoms with Gasteiger partial charge in [0.2, 0.25) is 0 Å². The number of sulfonamides is 1. The number of carbonyl (C=O) groups excluding carboxylic acids is 1. The van der Waals surface area contributed by atoms with Crippen molar-refractivity contribution in [3.63, 3.8) is 0 Å². The number of aromatic nitrogens is 1. The highest BCUT2D eigenvalue weighted by molar-refractivity contribution is 7.92. The van der Waals surface area contributed by atoms with Gasteiger partial charge < -0.3 is 4.57 Å². The van der Waals surface area contributed by atoms with Crippen molar-refractivity contribution in [1.29, 1.82) is 0 Å². The zero-order valence-corrected chi connectivity index (χ0v) is 23.6. The largest absolute Gasteiger partial charge is 0.316 e. The molecule has 0 spiro atoms. The number of amides is 1. The maximum Gasteiger partial charge on any atom is 0.269 e. The van der Waals surface area contributed by atoms with Gasteiger partial charge in [0.15, 0.2) is 0 Å². The van der Waals surface area contributed by atoms with Crippen LogP contribution in [0.1, 0.15) is 17.0 Å². The van der Waals surface area contributed by atoms with E-state index in [9.17, 15) is 23.3 Å². The Balaban J connectivity index is 1.57. The van der Waals surface area contributed by atoms with Gasteiger partial charge in [-0.05, 0) is 62.4 Å². The lowest BCUT2D eigenvalue weighted by atomic mass is 10.2. The average molecular weight is 600 g/mol. The molecule has 0 aliphatic carbocycles. The zero-order chi connectivity index (χ0) is 29.0. The van der Waals surface area contributed by atoms with Gasteiger partial charge in [-0.25, -0.2) is 13.8 Å². The van der Waals surface area contributed by atoms with E-state index in [-0.39, 0.29) is 16.3 Å². The first-order chi connectivity index (χ1) is 19.0. The molecule has 0 radical (unpaired) electrons. The van der Waals surface area contributed by atoms with E-state index in [1.807, 2.05) is 24.5 Å². The number of benzene rings is 3. The highest BCUT2D eigenvalue weighted by Crippen LogP contribution is 2.29. The van der Waals surface area contributed by atoms with Crippen molar-refractivity contribution in [2.45, 2.75) is 18.7 Å². The number of nitrogens with one attached hydrogen (secondary N) is 1. The highest BCUT2D eigenvalue weighted by Gasteiger charge is 2.27. The lowest BCUT2D eigenvalue weighted by Gasteiger charge is -2.23. The van der Waals surface area contributed by atoms with Crippen LogP contribution in [-0.4, -0.2) is 36.6 Å². The van der Waals surface area contributed by atoms with E-state index in [1.165, 1.54) is 42.6 Å². The molecule has 13 heteroatoms. The Labute approximate surface area is 240 Å². The molecule has 4 aromatic rings. The smallest absolute Gasteiger partial charge is 0.269 e. The Kier molecular flexibility index (Phi) is 8.58. The van der Waals surface area contributed by atoms with Gasteiger partial charge in [0.05, 0.1) is 32.4 Å². The molecule has 1 amide bonds. The molecule has 206 valence electrons. The quantitative estimate of drug-likeness (QED) is 0.151. The van der Waals surface area contributed by atoms with Crippen LogP contribution in [-0.2, 0) is 14.8 Å². The molecule has 0 unspecified atom stereocenters. The van der Waals surface area contributed by atoms with Crippen LogP contribution < -0.4 is 9.73 Å². The minimum atomic E-state index is -4.18. The number of nitro benzene ring substituents is 1. The molecule has 4 rings (SSSR count). The van der Waals surface area contributed by atoms with Crippen LogP contribution in [0.25, 0.3) is 5.69 Å². The number of aryl methyl sites for hydroxylation is 1. The Bertz CT molecular complexity index is 1710. The lowest BCUT2D eigenvalue weighted by molar-refractivity contribution is -0.384. The summed E-state index contributed by atoms with van der Waals surface area (Å²) in [6.07, 6.45) is 1.44. The van der Waals surface area contributed by atoms with Crippen LogP contribution in [0.2, 0.25) is 10.0 Å². The van der Waals surface area contributed by atoms with Crippen LogP contribution in [0, 0.1) is 24.0 Å². The number of anilines is 1. The third-order valence-electron chi connectivity index (χ3n) is 5.98. The predicted octanol–water partition coefficient (Wildman–Crippen LogP) is 5.65. The molecule has 0 fully saturated rings. The van der Waals surface area contributed by atoms with Crippen molar-refractivity contribution in [3.05, 3.63) is 116 Å². The van der Waals surface area contributed by atoms with E-state index in [2.05, 4.69) is 10.5 Å². The van der Waals surface area contributed by atoms with Crippen molar-refractivity contribution in [2.75, 3.05) is 10.8 Å². The SMILES string of the molecule is Cc1cc(/C=N/NC(=O)CN(c2ccc([N+](=O)[O-])cc2)S(=O)(=O)c2ccccc2)c(C)n1-c1cc(Cl)ccc1Cl. The maximum atomic E-state index is 13.4. The van der Waals surface area contributed by atoms with Crippen LogP contribution >= 0.6 is 23.2 Å². The standard InChI is InChI=1S/C27H23Cl2N5O5S/c1-18-14-20(19(2)33(18)26-15-21(28)8-13-25(26)29)16-30-31-27(35)17-32(22-9-11-23(12-10-22)34(36)37)40(38,39)24-6-4-3-5-7-24/h3-16H,17H2,1-2H3,(H,31,35)/b30-16+. The second-order valence-corrected chi connectivity index (χ2v) is 11.4. The van der Waals surface area contributed by atoms with E-state index in [0.29, 0.717) is 21.3 Å². The molecular formula is C27H23Cl2N5O5S. The zero-order valence-electron chi connectivity index (χ0n) is 21.3. The molecule has 0 bridgehead atoms. The molecule has 0 atom stereocenters. The van der Waals surface area contributed by atoms with Crippen LogP contribution in [0.15, 0.2) is 88.9 Å². The van der Waals surface area contributed by atoms with Crippen LogP contribution in [0.5, 0.6) is 0 Å². The molecule has 3 aromatic carbocycles. The van der Waals surface area contributed by atoms with Gasteiger partial charge in [0, 0.05) is 34.1 Å². The molecular weight excluding hydrogens is 577 g/mol. The van der Waals surface area contributed by atoms with Gasteiger partial charge in [-0.2, -0.15) is 5.10 Å². The lowest BCUT2D eigenvalue weighted by Crippen LogP contribution is -2.39. The number of hydrazone groups is 1. The molecule has 1 heterocycles. The Morgan fingerprint density at radius 3 is 2.38 bits per heavy atom. The van der Waals surface area contributed by atoms with Crippen LogP contribution in [0.3, 0.4) is 0 Å². The fourth-order valence-electron chi connectivity index (χ4n) is 4.06. The summed E-state index contributed by atoms with van der Waals surface area (Å²) in [5.41, 5.74) is 5.25. The molecule has 0 saturated heterocycles. The van der Waals surface area contributed by atoms with E-state index >= 15 is 0 Å². The van der Waals surface area contributed by atoms with E-state index in [1.54, 1.807) is 36.4 Å². The van der Waals surface area contributed by atoms with Gasteiger partial charge >= 0.3 is 0 Å². The summed E-state index contributed by atoms with van der Waals surface area (Å²) in [4.78, 5) is 23.3. The van der Waals surface area contributed by atoms with Crippen molar-refractivity contribution in [2.24, 2.45) is 5.10 Å². The van der Waals surface area contributed by atoms with Crippen LogP contribution in [0.4, 0.5) is 11.4 Å². The van der Waals surface area contributed by atoms with E-state index in [0.717, 1.165) is 15.7 Å². The minimum Gasteiger partial charge on any atom is -0.316 e. The summed E-state index contributed by atoms with van der Waals surface area (Å²) in [6, 6.07) is 19.4. The molecule has 0 saturated carbocycles. The number of halogens is 2. The minimum absolute atomic E-state index is 0.0447. The molecule has 10 nitrogen and oxygen atoms in total. The Morgan fingerprint density at radius 2 is 1.73 bits per heavy atom. The number of nitrogens with zero attached hydrogens (tertiary/aromatic N) is 4. The van der Waals surface area contributed by atoms with Crippen molar-refractivity contribution >= 4 is 56.7 Å². The average Bonchev–Trinajstić information content (AvgIpc) is 3.21. The van der Waals surface area contributed by atoms with Crippen molar-refractivity contribution in [1.82, 2.24) is 9.99 Å². The molecule has 0 aliphatic rings. The number of rotatable bonds is 9. The summed E-state index contributed by atoms with van der Waals surface area (Å²) in [5, 5.41) is 16.1. The second-order valence-electron chi connectivity index (χ2n) is 8.65. The summed E-state index contributed by atoms with van der Waals surface area (Å²) in [7, 11) is -4.18. The molecule has 0 aliphatic heterocycles. The van der Waals surface area contributed by atoms with Gasteiger partial charge in [0.1, 0.15) is 6.54 Å². The normalized spacial score (nSPS) is 11.5. The fourth-order valence-corrected chi connectivity index (χ4v) is 5.87. The number of nitro groups is 1.